The minimum Gasteiger partial charge on any atom is -0.748 e. The van der Waals surface area contributed by atoms with Crippen molar-refractivity contribution in [1.82, 2.24) is 0 Å². The fourth-order valence-electron chi connectivity index (χ4n) is 1.21. The lowest BCUT2D eigenvalue weighted by atomic mass is 9.86. The monoisotopic (exact) mass is 221 g/mol. The molecule has 0 rings (SSSR count). The summed E-state index contributed by atoms with van der Waals surface area (Å²) in [6, 6.07) is 0. The summed E-state index contributed by atoms with van der Waals surface area (Å²) in [5.74, 6) is -0.624. The van der Waals surface area contributed by atoms with Crippen molar-refractivity contribution in [2.24, 2.45) is 11.3 Å². The zero-order valence-corrected chi connectivity index (χ0v) is 9.85. The van der Waals surface area contributed by atoms with Gasteiger partial charge in [0.25, 0.3) is 0 Å². The molecule has 0 aromatic rings. The molecule has 0 heterocycles. The molecule has 4 nitrogen and oxygen atoms in total. The van der Waals surface area contributed by atoms with Gasteiger partial charge < -0.3 is 4.55 Å². The lowest BCUT2D eigenvalue weighted by molar-refractivity contribution is -0.123. The molecule has 0 atom stereocenters. The summed E-state index contributed by atoms with van der Waals surface area (Å²) in [7, 11) is -4.26. The quantitative estimate of drug-likeness (QED) is 0.653. The Balaban J connectivity index is 4.43. The van der Waals surface area contributed by atoms with Crippen LogP contribution in [0.5, 0.6) is 0 Å². The van der Waals surface area contributed by atoms with Crippen molar-refractivity contribution in [3.63, 3.8) is 0 Å². The molecule has 0 aromatic carbocycles. The second-order valence-electron chi connectivity index (χ2n) is 4.66. The molecule has 0 aliphatic heterocycles. The van der Waals surface area contributed by atoms with Gasteiger partial charge in [-0.1, -0.05) is 27.7 Å². The second-order valence-corrected chi connectivity index (χ2v) is 6.07. The van der Waals surface area contributed by atoms with Gasteiger partial charge in [0.15, 0.2) is 0 Å². The van der Waals surface area contributed by atoms with E-state index >= 15 is 0 Å². The maximum atomic E-state index is 11.3. The molecule has 0 amide bonds. The minimum absolute atomic E-state index is 0.0151. The van der Waals surface area contributed by atoms with Crippen LogP contribution in [0.1, 0.15) is 34.1 Å². The molecule has 5 heteroatoms. The first-order chi connectivity index (χ1) is 6.03. The molecule has 0 saturated carbocycles. The predicted molar refractivity (Wildman–Crippen MR) is 52.8 cm³/mol. The Kier molecular flexibility index (Phi) is 4.27. The molecule has 0 aliphatic carbocycles. The normalized spacial score (nSPS) is 13.3. The third-order valence-electron chi connectivity index (χ3n) is 1.86. The van der Waals surface area contributed by atoms with Gasteiger partial charge in [0.1, 0.15) is 5.78 Å². The summed E-state index contributed by atoms with van der Waals surface area (Å²) in [6.07, 6.45) is 0.131. The molecule has 0 spiro atoms. The molecule has 0 saturated heterocycles. The van der Waals surface area contributed by atoms with E-state index in [2.05, 4.69) is 0 Å². The number of Topliss-reactive ketones (excluding diaryl/α,β-unsaturated/α-hetero) is 1. The maximum Gasteiger partial charge on any atom is 0.135 e. The molecule has 0 fully saturated rings. The third kappa shape index (κ3) is 6.10. The maximum absolute atomic E-state index is 11.3. The molecule has 0 radical (unpaired) electrons. The SMILES string of the molecule is CC(C)C(=O)CC(C)(C)CS(=O)(=O)[O-]. The van der Waals surface area contributed by atoms with Crippen LogP contribution < -0.4 is 0 Å². The van der Waals surface area contributed by atoms with Gasteiger partial charge in [-0.2, -0.15) is 0 Å². The van der Waals surface area contributed by atoms with Gasteiger partial charge >= 0.3 is 0 Å². The number of hydrogen-bond donors (Lipinski definition) is 0. The number of carbonyl (C=O) groups excluding carboxylic acids is 1. The zero-order valence-electron chi connectivity index (χ0n) is 9.03. The first-order valence-corrected chi connectivity index (χ1v) is 6.07. The van der Waals surface area contributed by atoms with Crippen molar-refractivity contribution in [2.45, 2.75) is 34.1 Å². The zero-order chi connectivity index (χ0) is 11.6. The highest BCUT2D eigenvalue weighted by Crippen LogP contribution is 2.24. The average Bonchev–Trinajstić information content (AvgIpc) is 1.78. The summed E-state index contributed by atoms with van der Waals surface area (Å²) in [6.45, 7) is 6.74. The minimum atomic E-state index is -4.26. The predicted octanol–water partition coefficient (Wildman–Crippen LogP) is 1.17. The summed E-state index contributed by atoms with van der Waals surface area (Å²) >= 11 is 0. The van der Waals surface area contributed by atoms with E-state index in [9.17, 15) is 17.8 Å². The Morgan fingerprint density at radius 3 is 2.07 bits per heavy atom. The standard InChI is InChI=1S/C9H18O4S/c1-7(2)8(10)5-9(3,4)6-14(11,12)13/h7H,5-6H2,1-4H3,(H,11,12,13)/p-1. The second kappa shape index (κ2) is 4.40. The highest BCUT2D eigenvalue weighted by molar-refractivity contribution is 7.85. The van der Waals surface area contributed by atoms with E-state index in [0.717, 1.165) is 0 Å². The van der Waals surface area contributed by atoms with Gasteiger partial charge in [-0.3, -0.25) is 4.79 Å². The Morgan fingerprint density at radius 1 is 1.36 bits per heavy atom. The van der Waals surface area contributed by atoms with Crippen molar-refractivity contribution in [1.29, 1.82) is 0 Å². The highest BCUT2D eigenvalue weighted by Gasteiger charge is 2.25. The molecule has 0 unspecified atom stereocenters. The number of hydrogen-bond acceptors (Lipinski definition) is 4. The van der Waals surface area contributed by atoms with Crippen molar-refractivity contribution in [3.8, 4) is 0 Å². The van der Waals surface area contributed by atoms with E-state index in [1.54, 1.807) is 27.7 Å². The molecule has 84 valence electrons. The molecule has 14 heavy (non-hydrogen) atoms. The van der Waals surface area contributed by atoms with Crippen molar-refractivity contribution in [3.05, 3.63) is 0 Å². The van der Waals surface area contributed by atoms with Crippen molar-refractivity contribution < 1.29 is 17.8 Å². The van der Waals surface area contributed by atoms with E-state index in [1.807, 2.05) is 0 Å². The molecular formula is C9H17O4S-. The topological polar surface area (TPSA) is 74.3 Å². The fraction of sp³-hybridized carbons (Fsp3) is 0.889. The molecule has 0 bridgehead atoms. The van der Waals surface area contributed by atoms with Crippen LogP contribution in [0.15, 0.2) is 0 Å². The van der Waals surface area contributed by atoms with Crippen molar-refractivity contribution >= 4 is 15.9 Å². The van der Waals surface area contributed by atoms with Gasteiger partial charge in [0, 0.05) is 18.1 Å². The number of ketones is 1. The molecule has 0 N–H and O–H groups in total. The fourth-order valence-corrected chi connectivity index (χ4v) is 2.26. The van der Waals surface area contributed by atoms with Gasteiger partial charge in [0.05, 0.1) is 10.1 Å². The third-order valence-corrected chi connectivity index (χ3v) is 3.00. The Morgan fingerprint density at radius 2 is 1.79 bits per heavy atom. The summed E-state index contributed by atoms with van der Waals surface area (Å²) in [4.78, 5) is 11.3. The van der Waals surface area contributed by atoms with Gasteiger partial charge in [-0.05, 0) is 5.41 Å². The first-order valence-electron chi connectivity index (χ1n) is 4.50. The van der Waals surface area contributed by atoms with Crippen LogP contribution >= 0.6 is 0 Å². The number of carbonyl (C=O) groups is 1. The Bertz CT molecular complexity index is 301. The summed E-state index contributed by atoms with van der Waals surface area (Å²) in [5.41, 5.74) is -0.762. The van der Waals surface area contributed by atoms with E-state index in [0.29, 0.717) is 0 Å². The smallest absolute Gasteiger partial charge is 0.135 e. The molecular weight excluding hydrogens is 204 g/mol. The van der Waals surface area contributed by atoms with Crippen LogP contribution in [0.2, 0.25) is 0 Å². The van der Waals surface area contributed by atoms with Crippen LogP contribution in [0.4, 0.5) is 0 Å². The Labute approximate surface area is 85.4 Å². The summed E-state index contributed by atoms with van der Waals surface area (Å²) < 4.78 is 31.6. The van der Waals surface area contributed by atoms with Crippen LogP contribution in [-0.2, 0) is 14.9 Å². The highest BCUT2D eigenvalue weighted by atomic mass is 32.2. The van der Waals surface area contributed by atoms with Crippen LogP contribution in [-0.4, -0.2) is 24.5 Å². The lowest BCUT2D eigenvalue weighted by Gasteiger charge is -2.25. The van der Waals surface area contributed by atoms with E-state index in [4.69, 9.17) is 0 Å². The van der Waals surface area contributed by atoms with Crippen LogP contribution in [0.25, 0.3) is 0 Å². The number of rotatable bonds is 5. The van der Waals surface area contributed by atoms with E-state index < -0.39 is 21.3 Å². The lowest BCUT2D eigenvalue weighted by Crippen LogP contribution is -2.28. The van der Waals surface area contributed by atoms with E-state index in [1.165, 1.54) is 0 Å². The Hall–Kier alpha value is -0.420. The molecule has 0 aliphatic rings. The average molecular weight is 221 g/mol. The van der Waals surface area contributed by atoms with Crippen LogP contribution in [0.3, 0.4) is 0 Å². The first kappa shape index (κ1) is 13.6. The van der Waals surface area contributed by atoms with Crippen molar-refractivity contribution in [2.75, 3.05) is 5.75 Å². The largest absolute Gasteiger partial charge is 0.748 e. The van der Waals surface area contributed by atoms with Gasteiger partial charge in [-0.25, -0.2) is 8.42 Å². The van der Waals surface area contributed by atoms with Crippen LogP contribution in [0, 0.1) is 11.3 Å². The van der Waals surface area contributed by atoms with Gasteiger partial charge in [0.2, 0.25) is 0 Å². The molecule has 0 aromatic heterocycles. The summed E-state index contributed by atoms with van der Waals surface area (Å²) in [5, 5.41) is 0. The van der Waals surface area contributed by atoms with Gasteiger partial charge in [-0.15, -0.1) is 0 Å². The van der Waals surface area contributed by atoms with E-state index in [-0.39, 0.29) is 18.1 Å².